The quantitative estimate of drug-likeness (QED) is 0.486. The molecule has 4 fully saturated rings. The van der Waals surface area contributed by atoms with Gasteiger partial charge in [0.05, 0.1) is 0 Å². The van der Waals surface area contributed by atoms with Crippen LogP contribution >= 0.6 is 0 Å². The van der Waals surface area contributed by atoms with Crippen molar-refractivity contribution >= 4 is 11.9 Å². The van der Waals surface area contributed by atoms with Gasteiger partial charge in [-0.1, -0.05) is 48.5 Å². The predicted octanol–water partition coefficient (Wildman–Crippen LogP) is 3.53. The van der Waals surface area contributed by atoms with Crippen molar-refractivity contribution in [3.63, 3.8) is 0 Å². The van der Waals surface area contributed by atoms with Crippen molar-refractivity contribution in [2.45, 2.75) is 112 Å². The number of aliphatic hydroxyl groups is 2. The van der Waals surface area contributed by atoms with E-state index in [1.807, 2.05) is 0 Å². The van der Waals surface area contributed by atoms with Gasteiger partial charge in [-0.3, -0.25) is 0 Å². The number of fused-ring (bicyclic) bond motifs is 2. The van der Waals surface area contributed by atoms with Crippen LogP contribution in [-0.2, 0) is 42.7 Å². The number of hydrogen-bond acceptors (Lipinski definition) is 8. The normalized spacial score (nSPS) is 37.8. The number of carbonyl (C=O) groups excluding carboxylic acids is 2. The second-order valence-corrected chi connectivity index (χ2v) is 15.4. The summed E-state index contributed by atoms with van der Waals surface area (Å²) in [5, 5.41) is 21.6. The Kier molecular flexibility index (Phi) is 7.59. The first-order chi connectivity index (χ1) is 22.2. The molecule has 0 aromatic heterocycles. The molecule has 246 valence electrons. The van der Waals surface area contributed by atoms with Gasteiger partial charge in [-0.05, 0) is 125 Å². The maximum atomic E-state index is 13.1. The molecule has 8 rings (SSSR count). The van der Waals surface area contributed by atoms with Crippen LogP contribution < -0.4 is 0 Å². The standard InChI is InChI=1S/C38H48N2O6/c1-39-17-15-37-13-11-25(21-29(37)31(39)19-23-7-3-5-9-27(23)37)45-35(43)33(41)34(42)36(44)46-26-12-14-38-16-18-40(2)32(30(38)22-26)20-24-8-4-6-10-28(24)38/h3-10,25-26,29-34,41-42H,11-22H2,1-2H3/t25?,26?,29-,30-,31+,32+,33?,34?,37-,38-/m0/s1. The maximum Gasteiger partial charge on any atom is 0.338 e. The van der Waals surface area contributed by atoms with Crippen LogP contribution in [0.3, 0.4) is 0 Å². The van der Waals surface area contributed by atoms with Crippen molar-refractivity contribution in [3.8, 4) is 0 Å². The summed E-state index contributed by atoms with van der Waals surface area (Å²) >= 11 is 0. The molecule has 4 aliphatic carbocycles. The largest absolute Gasteiger partial charge is 0.460 e. The Balaban J connectivity index is 0.902. The average molecular weight is 629 g/mol. The Bertz CT molecular complexity index is 1400. The third kappa shape index (κ3) is 4.69. The van der Waals surface area contributed by atoms with Gasteiger partial charge in [0.2, 0.25) is 0 Å². The summed E-state index contributed by atoms with van der Waals surface area (Å²) in [6, 6.07) is 18.4. The minimum atomic E-state index is -1.97. The molecule has 2 N–H and O–H groups in total. The maximum absolute atomic E-state index is 13.1. The lowest BCUT2D eigenvalue weighted by atomic mass is 9.52. The van der Waals surface area contributed by atoms with E-state index in [0.717, 1.165) is 51.6 Å². The fraction of sp³-hybridized carbons (Fsp3) is 0.632. The van der Waals surface area contributed by atoms with Gasteiger partial charge < -0.3 is 29.5 Å². The van der Waals surface area contributed by atoms with E-state index in [0.29, 0.717) is 49.6 Å². The minimum absolute atomic E-state index is 0.0865. The van der Waals surface area contributed by atoms with Gasteiger partial charge in [0.15, 0.2) is 12.2 Å². The molecule has 0 spiro atoms. The number of esters is 2. The first-order valence-electron chi connectivity index (χ1n) is 17.5. The Morgan fingerprint density at radius 2 is 1.11 bits per heavy atom. The van der Waals surface area contributed by atoms with E-state index in [9.17, 15) is 19.8 Å². The molecule has 2 heterocycles. The number of likely N-dealkylation sites (N-methyl/N-ethyl adjacent to an activating group) is 2. The molecule has 46 heavy (non-hydrogen) atoms. The lowest BCUT2D eigenvalue weighted by Gasteiger charge is -2.59. The highest BCUT2D eigenvalue weighted by atomic mass is 16.6. The van der Waals surface area contributed by atoms with Crippen LogP contribution in [0.1, 0.15) is 73.6 Å². The van der Waals surface area contributed by atoms with Gasteiger partial charge >= 0.3 is 11.9 Å². The highest BCUT2D eigenvalue weighted by Gasteiger charge is 2.57. The topological polar surface area (TPSA) is 99.5 Å². The molecular weight excluding hydrogens is 580 g/mol. The second kappa shape index (κ2) is 11.4. The van der Waals surface area contributed by atoms with E-state index in [-0.39, 0.29) is 23.0 Å². The predicted molar refractivity (Wildman–Crippen MR) is 172 cm³/mol. The molecule has 4 unspecified atom stereocenters. The molecule has 10 atom stereocenters. The van der Waals surface area contributed by atoms with Crippen LogP contribution in [0, 0.1) is 11.8 Å². The molecule has 6 aliphatic rings. The molecule has 2 aromatic rings. The molecule has 2 saturated heterocycles. The third-order valence-electron chi connectivity index (χ3n) is 13.5. The van der Waals surface area contributed by atoms with Crippen LogP contribution in [0.5, 0.6) is 0 Å². The monoisotopic (exact) mass is 628 g/mol. The fourth-order valence-corrected chi connectivity index (χ4v) is 11.1. The van der Waals surface area contributed by atoms with Gasteiger partial charge in [0, 0.05) is 22.9 Å². The van der Waals surface area contributed by atoms with Crippen LogP contribution in [0.15, 0.2) is 48.5 Å². The zero-order valence-corrected chi connectivity index (χ0v) is 27.1. The van der Waals surface area contributed by atoms with E-state index >= 15 is 0 Å². The number of carbonyl (C=O) groups is 2. The highest BCUT2D eigenvalue weighted by Crippen LogP contribution is 2.57. The number of likely N-dealkylation sites (tertiary alicyclic amines) is 2. The smallest absolute Gasteiger partial charge is 0.338 e. The minimum Gasteiger partial charge on any atom is -0.460 e. The summed E-state index contributed by atoms with van der Waals surface area (Å²) in [6.45, 7) is 2.11. The van der Waals surface area contributed by atoms with E-state index in [4.69, 9.17) is 9.47 Å². The summed E-state index contributed by atoms with van der Waals surface area (Å²) < 4.78 is 11.7. The number of rotatable bonds is 5. The van der Waals surface area contributed by atoms with Gasteiger partial charge in [-0.15, -0.1) is 0 Å². The van der Waals surface area contributed by atoms with Crippen molar-refractivity contribution in [1.82, 2.24) is 9.80 Å². The fourth-order valence-electron chi connectivity index (χ4n) is 11.1. The van der Waals surface area contributed by atoms with Crippen molar-refractivity contribution in [2.75, 3.05) is 27.2 Å². The first-order valence-corrected chi connectivity index (χ1v) is 17.5. The summed E-state index contributed by atoms with van der Waals surface area (Å²) in [5.41, 5.74) is 5.94. The summed E-state index contributed by atoms with van der Waals surface area (Å²) in [5.74, 6) is -1.19. The summed E-state index contributed by atoms with van der Waals surface area (Å²) in [7, 11) is 4.38. The molecule has 2 saturated carbocycles. The van der Waals surface area contributed by atoms with Crippen LogP contribution in [0.25, 0.3) is 0 Å². The van der Waals surface area contributed by atoms with E-state index in [1.54, 1.807) is 0 Å². The molecule has 2 aromatic carbocycles. The molecule has 0 radical (unpaired) electrons. The number of piperidine rings is 2. The zero-order chi connectivity index (χ0) is 31.8. The lowest BCUT2D eigenvalue weighted by Crippen LogP contribution is -2.61. The molecular formula is C38H48N2O6. The van der Waals surface area contributed by atoms with Crippen molar-refractivity contribution in [2.24, 2.45) is 11.8 Å². The van der Waals surface area contributed by atoms with Gasteiger partial charge in [-0.25, -0.2) is 9.59 Å². The SMILES string of the molecule is CN1CC[C@]23CCC(OC(=O)C(O)C(O)C(=O)OC4CC[C@]56CCN(C)[C@H](Cc7ccccc75)[C@@H]6C4)C[C@H]2[C@H]1Cc1ccccc13. The number of nitrogens with zero attached hydrogens (tertiary/aromatic N) is 2. The second-order valence-electron chi connectivity index (χ2n) is 15.4. The van der Waals surface area contributed by atoms with Gasteiger partial charge in [0.25, 0.3) is 0 Å². The van der Waals surface area contributed by atoms with E-state index in [1.165, 1.54) is 22.3 Å². The Morgan fingerprint density at radius 1 is 0.696 bits per heavy atom. The first kappa shape index (κ1) is 30.5. The molecule has 8 heteroatoms. The van der Waals surface area contributed by atoms with E-state index in [2.05, 4.69) is 72.4 Å². The zero-order valence-electron chi connectivity index (χ0n) is 27.1. The molecule has 0 amide bonds. The average Bonchev–Trinajstić information content (AvgIpc) is 3.07. The summed E-state index contributed by atoms with van der Waals surface area (Å²) in [4.78, 5) is 31.2. The molecule has 2 aliphatic heterocycles. The van der Waals surface area contributed by atoms with Gasteiger partial charge in [0.1, 0.15) is 12.2 Å². The highest BCUT2D eigenvalue weighted by molar-refractivity contribution is 5.85. The van der Waals surface area contributed by atoms with Crippen molar-refractivity contribution in [1.29, 1.82) is 0 Å². The number of benzene rings is 2. The van der Waals surface area contributed by atoms with E-state index < -0.39 is 24.1 Å². The lowest BCUT2D eigenvalue weighted by molar-refractivity contribution is -0.183. The summed E-state index contributed by atoms with van der Waals surface area (Å²) in [6.07, 6.45) is 4.15. The number of aliphatic hydroxyl groups excluding tert-OH is 2. The van der Waals surface area contributed by atoms with Crippen LogP contribution in [0.2, 0.25) is 0 Å². The van der Waals surface area contributed by atoms with Crippen LogP contribution in [-0.4, -0.2) is 95.6 Å². The molecule has 8 nitrogen and oxygen atoms in total. The van der Waals surface area contributed by atoms with Crippen molar-refractivity contribution in [3.05, 3.63) is 70.8 Å². The molecule has 4 bridgehead atoms. The third-order valence-corrected chi connectivity index (χ3v) is 13.5. The van der Waals surface area contributed by atoms with Gasteiger partial charge in [-0.2, -0.15) is 0 Å². The number of hydrogen-bond donors (Lipinski definition) is 2. The Labute approximate surface area is 272 Å². The number of ether oxygens (including phenoxy) is 2. The Morgan fingerprint density at radius 3 is 1.54 bits per heavy atom. The Hall–Kier alpha value is -2.78. The van der Waals surface area contributed by atoms with Crippen molar-refractivity contribution < 1.29 is 29.3 Å². The van der Waals surface area contributed by atoms with Crippen LogP contribution in [0.4, 0.5) is 0 Å².